The second-order valence-corrected chi connectivity index (χ2v) is 5.93. The first-order chi connectivity index (χ1) is 8.04. The fraction of sp³-hybridized carbons (Fsp3) is 0.462. The Labute approximate surface area is 121 Å². The molecule has 0 saturated carbocycles. The van der Waals surface area contributed by atoms with Gasteiger partial charge in [-0.05, 0) is 59.2 Å². The zero-order valence-electron chi connectivity index (χ0n) is 10.0. The van der Waals surface area contributed by atoms with Crippen molar-refractivity contribution in [3.05, 3.63) is 33.4 Å². The molecule has 0 saturated heterocycles. The number of hydrogen-bond acceptors (Lipinski definition) is 1. The number of amides is 1. The highest BCUT2D eigenvalue weighted by Gasteiger charge is 2.16. The van der Waals surface area contributed by atoms with Gasteiger partial charge >= 0.3 is 0 Å². The molecule has 1 rings (SSSR count). The molecule has 0 bridgehead atoms. The molecule has 94 valence electrons. The third-order valence-corrected chi connectivity index (χ3v) is 3.59. The SMILES string of the molecule is CC(C)C(CCCl)NC(=O)c1ccc(I)cc1. The van der Waals surface area contributed by atoms with Crippen LogP contribution in [-0.2, 0) is 0 Å². The van der Waals surface area contributed by atoms with Crippen LogP contribution in [0.4, 0.5) is 0 Å². The molecule has 0 heterocycles. The number of alkyl halides is 1. The highest BCUT2D eigenvalue weighted by molar-refractivity contribution is 14.1. The summed E-state index contributed by atoms with van der Waals surface area (Å²) in [5.41, 5.74) is 0.700. The van der Waals surface area contributed by atoms with Crippen molar-refractivity contribution in [3.8, 4) is 0 Å². The van der Waals surface area contributed by atoms with Crippen LogP contribution in [0.5, 0.6) is 0 Å². The maximum absolute atomic E-state index is 12.0. The van der Waals surface area contributed by atoms with Gasteiger partial charge in [-0.25, -0.2) is 0 Å². The summed E-state index contributed by atoms with van der Waals surface area (Å²) in [4.78, 5) is 12.0. The molecule has 0 aliphatic rings. The number of nitrogens with one attached hydrogen (secondary N) is 1. The van der Waals surface area contributed by atoms with Crippen molar-refractivity contribution in [1.82, 2.24) is 5.32 Å². The lowest BCUT2D eigenvalue weighted by Gasteiger charge is -2.21. The largest absolute Gasteiger partial charge is 0.349 e. The van der Waals surface area contributed by atoms with E-state index < -0.39 is 0 Å². The molecule has 1 unspecified atom stereocenters. The first-order valence-corrected chi connectivity index (χ1v) is 7.28. The maximum atomic E-state index is 12.0. The van der Waals surface area contributed by atoms with Crippen LogP contribution in [0.2, 0.25) is 0 Å². The fourth-order valence-electron chi connectivity index (χ4n) is 1.54. The Kier molecular flexibility index (Phi) is 6.27. The topological polar surface area (TPSA) is 29.1 Å². The van der Waals surface area contributed by atoms with Crippen LogP contribution in [-0.4, -0.2) is 17.8 Å². The zero-order valence-corrected chi connectivity index (χ0v) is 13.0. The molecule has 2 nitrogen and oxygen atoms in total. The second-order valence-electron chi connectivity index (χ2n) is 4.31. The Balaban J connectivity index is 2.66. The average Bonchev–Trinajstić information content (AvgIpc) is 2.29. The summed E-state index contributed by atoms with van der Waals surface area (Å²) in [6, 6.07) is 7.69. The van der Waals surface area contributed by atoms with Crippen LogP contribution >= 0.6 is 34.2 Å². The van der Waals surface area contributed by atoms with Gasteiger partial charge in [-0.3, -0.25) is 4.79 Å². The molecule has 1 aromatic rings. The van der Waals surface area contributed by atoms with Crippen molar-refractivity contribution >= 4 is 40.1 Å². The van der Waals surface area contributed by atoms with Gasteiger partial charge in [0.15, 0.2) is 0 Å². The summed E-state index contributed by atoms with van der Waals surface area (Å²) in [6.07, 6.45) is 0.801. The molecule has 0 aliphatic heterocycles. The first-order valence-electron chi connectivity index (χ1n) is 5.67. The zero-order chi connectivity index (χ0) is 12.8. The van der Waals surface area contributed by atoms with Gasteiger partial charge in [0.05, 0.1) is 0 Å². The molecule has 0 radical (unpaired) electrons. The normalized spacial score (nSPS) is 12.5. The lowest BCUT2D eigenvalue weighted by molar-refractivity contribution is 0.0925. The van der Waals surface area contributed by atoms with E-state index in [1.165, 1.54) is 0 Å². The van der Waals surface area contributed by atoms with Crippen molar-refractivity contribution in [1.29, 1.82) is 0 Å². The summed E-state index contributed by atoms with van der Waals surface area (Å²) in [5, 5.41) is 3.03. The highest BCUT2D eigenvalue weighted by Crippen LogP contribution is 2.10. The van der Waals surface area contributed by atoms with Gasteiger partial charge < -0.3 is 5.32 Å². The van der Waals surface area contributed by atoms with Gasteiger partial charge in [0.1, 0.15) is 0 Å². The third-order valence-electron chi connectivity index (χ3n) is 2.65. The minimum atomic E-state index is -0.0229. The second kappa shape index (κ2) is 7.21. The summed E-state index contributed by atoms with van der Waals surface area (Å²) < 4.78 is 1.13. The standard InChI is InChI=1S/C13H17ClINO/c1-9(2)12(7-8-14)16-13(17)10-3-5-11(15)6-4-10/h3-6,9,12H,7-8H2,1-2H3,(H,16,17). The van der Waals surface area contributed by atoms with Gasteiger partial charge in [-0.2, -0.15) is 0 Å². The van der Waals surface area contributed by atoms with Gasteiger partial charge in [-0.1, -0.05) is 13.8 Å². The van der Waals surface area contributed by atoms with Crippen LogP contribution in [0, 0.1) is 9.49 Å². The first kappa shape index (κ1) is 14.8. The fourth-order valence-corrected chi connectivity index (χ4v) is 2.14. The smallest absolute Gasteiger partial charge is 0.251 e. The molecule has 17 heavy (non-hydrogen) atoms. The monoisotopic (exact) mass is 365 g/mol. The Morgan fingerprint density at radius 2 is 1.94 bits per heavy atom. The molecule has 1 atom stereocenters. The number of carbonyl (C=O) groups excluding carboxylic acids is 1. The van der Waals surface area contributed by atoms with E-state index in [1.54, 1.807) is 0 Å². The third kappa shape index (κ3) is 4.84. The summed E-state index contributed by atoms with van der Waals surface area (Å²) in [7, 11) is 0. The molecular formula is C13H17ClINO. The molecule has 0 aromatic heterocycles. The molecular weight excluding hydrogens is 349 g/mol. The maximum Gasteiger partial charge on any atom is 0.251 e. The van der Waals surface area contributed by atoms with E-state index in [0.717, 1.165) is 9.99 Å². The molecule has 0 aliphatic carbocycles. The van der Waals surface area contributed by atoms with E-state index >= 15 is 0 Å². The van der Waals surface area contributed by atoms with Crippen molar-refractivity contribution in [2.45, 2.75) is 26.3 Å². The van der Waals surface area contributed by atoms with Gasteiger partial charge in [0.2, 0.25) is 0 Å². The summed E-state index contributed by atoms with van der Waals surface area (Å²) in [5.74, 6) is 0.933. The van der Waals surface area contributed by atoms with Crippen LogP contribution < -0.4 is 5.32 Å². The molecule has 1 aromatic carbocycles. The molecule has 1 N–H and O–H groups in total. The molecule has 1 amide bonds. The van der Waals surface area contributed by atoms with E-state index in [0.29, 0.717) is 17.4 Å². The minimum Gasteiger partial charge on any atom is -0.349 e. The highest BCUT2D eigenvalue weighted by atomic mass is 127. The van der Waals surface area contributed by atoms with Gasteiger partial charge in [0.25, 0.3) is 5.91 Å². The van der Waals surface area contributed by atoms with Gasteiger partial charge in [-0.15, -0.1) is 11.6 Å². The van der Waals surface area contributed by atoms with E-state index in [4.69, 9.17) is 11.6 Å². The Hall–Kier alpha value is -0.290. The van der Waals surface area contributed by atoms with Crippen molar-refractivity contribution in [2.24, 2.45) is 5.92 Å². The Morgan fingerprint density at radius 3 is 2.41 bits per heavy atom. The van der Waals surface area contributed by atoms with Gasteiger partial charge in [0, 0.05) is 21.1 Å². The van der Waals surface area contributed by atoms with E-state index in [9.17, 15) is 4.79 Å². The van der Waals surface area contributed by atoms with E-state index in [2.05, 4.69) is 41.8 Å². The predicted octanol–water partition coefficient (Wildman–Crippen LogP) is 3.67. The van der Waals surface area contributed by atoms with Crippen molar-refractivity contribution < 1.29 is 4.79 Å². The number of hydrogen-bond donors (Lipinski definition) is 1. The van der Waals surface area contributed by atoms with Crippen LogP contribution in [0.3, 0.4) is 0 Å². The van der Waals surface area contributed by atoms with Crippen molar-refractivity contribution in [2.75, 3.05) is 5.88 Å². The molecule has 0 fully saturated rings. The Morgan fingerprint density at radius 1 is 1.35 bits per heavy atom. The van der Waals surface area contributed by atoms with E-state index in [-0.39, 0.29) is 11.9 Å². The lowest BCUT2D eigenvalue weighted by Crippen LogP contribution is -2.38. The van der Waals surface area contributed by atoms with Crippen LogP contribution in [0.1, 0.15) is 30.6 Å². The lowest BCUT2D eigenvalue weighted by atomic mass is 10.0. The van der Waals surface area contributed by atoms with Crippen LogP contribution in [0.25, 0.3) is 0 Å². The van der Waals surface area contributed by atoms with Crippen LogP contribution in [0.15, 0.2) is 24.3 Å². The van der Waals surface area contributed by atoms with E-state index in [1.807, 2.05) is 24.3 Å². The molecule has 0 spiro atoms. The number of halogens is 2. The van der Waals surface area contributed by atoms with Crippen molar-refractivity contribution in [3.63, 3.8) is 0 Å². The number of carbonyl (C=O) groups is 1. The quantitative estimate of drug-likeness (QED) is 0.626. The Bertz CT molecular complexity index is 364. The summed E-state index contributed by atoms with van der Waals surface area (Å²) in [6.45, 7) is 4.18. The number of benzene rings is 1. The summed E-state index contributed by atoms with van der Waals surface area (Å²) >= 11 is 7.96. The average molecular weight is 366 g/mol. The molecule has 4 heteroatoms. The minimum absolute atomic E-state index is 0.0229. The predicted molar refractivity (Wildman–Crippen MR) is 80.6 cm³/mol. The number of rotatable bonds is 5.